The number of hydrogen-bond donors (Lipinski definition) is 1. The zero-order valence-corrected chi connectivity index (χ0v) is 8.57. The SMILES string of the molecule is SCC=Cc1ncc(Cl)cc1Cl. The highest BCUT2D eigenvalue weighted by molar-refractivity contribution is 7.80. The maximum Gasteiger partial charge on any atom is 0.0814 e. The Balaban J connectivity index is 2.94. The third kappa shape index (κ3) is 2.70. The van der Waals surface area contributed by atoms with E-state index in [1.165, 1.54) is 0 Å². The van der Waals surface area contributed by atoms with Crippen LogP contribution in [-0.2, 0) is 0 Å². The van der Waals surface area contributed by atoms with E-state index in [0.29, 0.717) is 15.8 Å². The summed E-state index contributed by atoms with van der Waals surface area (Å²) >= 11 is 15.5. The summed E-state index contributed by atoms with van der Waals surface area (Å²) in [6, 6.07) is 1.66. The third-order valence-corrected chi connectivity index (χ3v) is 1.94. The molecule has 0 aliphatic rings. The fourth-order valence-electron chi connectivity index (χ4n) is 0.712. The summed E-state index contributed by atoms with van der Waals surface area (Å²) in [4.78, 5) is 4.03. The molecular weight excluding hydrogens is 213 g/mol. The Kier molecular flexibility index (Phi) is 3.92. The van der Waals surface area contributed by atoms with Gasteiger partial charge in [0.25, 0.3) is 0 Å². The van der Waals surface area contributed by atoms with E-state index in [1.54, 1.807) is 12.3 Å². The Hall–Kier alpha value is -0.180. The molecule has 1 nitrogen and oxygen atoms in total. The number of pyridine rings is 1. The average Bonchev–Trinajstić information content (AvgIpc) is 2.03. The molecule has 0 atom stereocenters. The van der Waals surface area contributed by atoms with Crippen LogP contribution in [0, 0.1) is 0 Å². The second-order valence-corrected chi connectivity index (χ2v) is 3.31. The van der Waals surface area contributed by atoms with Crippen LogP contribution in [-0.4, -0.2) is 10.7 Å². The lowest BCUT2D eigenvalue weighted by Gasteiger charge is -1.96. The molecular formula is C8H7Cl2NS. The van der Waals surface area contributed by atoms with Crippen molar-refractivity contribution in [2.75, 3.05) is 5.75 Å². The predicted octanol–water partition coefficient (Wildman–Crippen LogP) is 3.33. The molecule has 64 valence electrons. The highest BCUT2D eigenvalue weighted by Gasteiger charge is 1.97. The zero-order chi connectivity index (χ0) is 8.97. The van der Waals surface area contributed by atoms with Crippen LogP contribution in [0.25, 0.3) is 6.08 Å². The van der Waals surface area contributed by atoms with E-state index < -0.39 is 0 Å². The van der Waals surface area contributed by atoms with Gasteiger partial charge in [0.05, 0.1) is 15.7 Å². The fraction of sp³-hybridized carbons (Fsp3) is 0.125. The molecule has 0 radical (unpaired) electrons. The average molecular weight is 220 g/mol. The van der Waals surface area contributed by atoms with Gasteiger partial charge in [-0.3, -0.25) is 4.98 Å². The summed E-state index contributed by atoms with van der Waals surface area (Å²) in [5.41, 5.74) is 0.718. The molecule has 0 amide bonds. The van der Waals surface area contributed by atoms with Crippen molar-refractivity contribution >= 4 is 41.9 Å². The fourth-order valence-corrected chi connectivity index (χ4v) is 1.26. The monoisotopic (exact) mass is 219 g/mol. The topological polar surface area (TPSA) is 12.9 Å². The lowest BCUT2D eigenvalue weighted by atomic mass is 10.3. The Labute approximate surface area is 86.8 Å². The van der Waals surface area contributed by atoms with Gasteiger partial charge in [-0.2, -0.15) is 12.6 Å². The van der Waals surface area contributed by atoms with E-state index in [2.05, 4.69) is 17.6 Å². The van der Waals surface area contributed by atoms with Crippen molar-refractivity contribution in [2.45, 2.75) is 0 Å². The van der Waals surface area contributed by atoms with Crippen LogP contribution in [0.2, 0.25) is 10.0 Å². The molecule has 0 aliphatic carbocycles. The van der Waals surface area contributed by atoms with Gasteiger partial charge in [0.1, 0.15) is 0 Å². The van der Waals surface area contributed by atoms with Crippen LogP contribution in [0.3, 0.4) is 0 Å². The highest BCUT2D eigenvalue weighted by atomic mass is 35.5. The minimum atomic E-state index is 0.544. The van der Waals surface area contributed by atoms with Crippen molar-refractivity contribution in [3.63, 3.8) is 0 Å². The van der Waals surface area contributed by atoms with Gasteiger partial charge in [0.2, 0.25) is 0 Å². The number of thiol groups is 1. The smallest absolute Gasteiger partial charge is 0.0814 e. The van der Waals surface area contributed by atoms with Gasteiger partial charge in [-0.1, -0.05) is 29.3 Å². The standard InChI is InChI=1S/C8H7Cl2NS/c9-6-4-7(10)8(11-5-6)2-1-3-12/h1-2,4-5,12H,3H2. The largest absolute Gasteiger partial charge is 0.254 e. The van der Waals surface area contributed by atoms with Crippen LogP contribution in [0.15, 0.2) is 18.3 Å². The molecule has 4 heteroatoms. The molecule has 0 saturated heterocycles. The van der Waals surface area contributed by atoms with Crippen molar-refractivity contribution in [3.8, 4) is 0 Å². The molecule has 0 fully saturated rings. The van der Waals surface area contributed by atoms with Crippen LogP contribution in [0.4, 0.5) is 0 Å². The first kappa shape index (κ1) is 9.90. The van der Waals surface area contributed by atoms with Gasteiger partial charge in [-0.25, -0.2) is 0 Å². The van der Waals surface area contributed by atoms with E-state index in [9.17, 15) is 0 Å². The molecule has 0 aliphatic heterocycles. The van der Waals surface area contributed by atoms with E-state index in [1.807, 2.05) is 12.2 Å². The number of aromatic nitrogens is 1. The minimum absolute atomic E-state index is 0.544. The van der Waals surface area contributed by atoms with Crippen molar-refractivity contribution in [2.24, 2.45) is 0 Å². The first-order valence-corrected chi connectivity index (χ1v) is 4.71. The molecule has 1 aromatic rings. The zero-order valence-electron chi connectivity index (χ0n) is 6.17. The lowest BCUT2D eigenvalue weighted by Crippen LogP contribution is -1.81. The van der Waals surface area contributed by atoms with Crippen LogP contribution >= 0.6 is 35.8 Å². The molecule has 1 heterocycles. The maximum atomic E-state index is 5.84. The first-order chi connectivity index (χ1) is 5.74. The summed E-state index contributed by atoms with van der Waals surface area (Å²) in [7, 11) is 0. The van der Waals surface area contributed by atoms with Crippen LogP contribution in [0.5, 0.6) is 0 Å². The molecule has 0 aromatic carbocycles. The van der Waals surface area contributed by atoms with Gasteiger partial charge >= 0.3 is 0 Å². The first-order valence-electron chi connectivity index (χ1n) is 3.32. The summed E-state index contributed by atoms with van der Waals surface area (Å²) in [6.07, 6.45) is 5.24. The normalized spacial score (nSPS) is 10.9. The number of nitrogens with zero attached hydrogens (tertiary/aromatic N) is 1. The molecule has 1 rings (SSSR count). The number of rotatable bonds is 2. The second-order valence-electron chi connectivity index (χ2n) is 2.11. The van der Waals surface area contributed by atoms with E-state index in [0.717, 1.165) is 5.69 Å². The highest BCUT2D eigenvalue weighted by Crippen LogP contribution is 2.19. The summed E-state index contributed by atoms with van der Waals surface area (Å²) < 4.78 is 0. The Morgan fingerprint density at radius 1 is 1.50 bits per heavy atom. The predicted molar refractivity (Wildman–Crippen MR) is 57.1 cm³/mol. The van der Waals surface area contributed by atoms with Gasteiger partial charge in [0, 0.05) is 11.9 Å². The van der Waals surface area contributed by atoms with Crippen molar-refractivity contribution in [1.82, 2.24) is 4.98 Å². The molecule has 0 bridgehead atoms. The lowest BCUT2D eigenvalue weighted by molar-refractivity contribution is 1.29. The van der Waals surface area contributed by atoms with E-state index >= 15 is 0 Å². The summed E-state index contributed by atoms with van der Waals surface area (Å²) in [6.45, 7) is 0. The van der Waals surface area contributed by atoms with Gasteiger partial charge < -0.3 is 0 Å². The second kappa shape index (κ2) is 4.75. The van der Waals surface area contributed by atoms with Crippen molar-refractivity contribution < 1.29 is 0 Å². The third-order valence-electron chi connectivity index (χ3n) is 1.22. The van der Waals surface area contributed by atoms with Gasteiger partial charge in [-0.05, 0) is 12.1 Å². The molecule has 0 N–H and O–H groups in total. The van der Waals surface area contributed by atoms with Crippen molar-refractivity contribution in [3.05, 3.63) is 34.1 Å². The Bertz CT molecular complexity index is 299. The van der Waals surface area contributed by atoms with E-state index in [-0.39, 0.29) is 0 Å². The van der Waals surface area contributed by atoms with Crippen molar-refractivity contribution in [1.29, 1.82) is 0 Å². The summed E-state index contributed by atoms with van der Waals surface area (Å²) in [5.74, 6) is 0.667. The molecule has 0 saturated carbocycles. The number of hydrogen-bond acceptors (Lipinski definition) is 2. The van der Waals surface area contributed by atoms with E-state index in [4.69, 9.17) is 23.2 Å². The molecule has 0 spiro atoms. The summed E-state index contributed by atoms with van der Waals surface area (Å²) in [5, 5.41) is 1.10. The van der Waals surface area contributed by atoms with Crippen LogP contribution in [0.1, 0.15) is 5.69 Å². The van der Waals surface area contributed by atoms with Gasteiger partial charge in [-0.15, -0.1) is 0 Å². The maximum absolute atomic E-state index is 5.84. The molecule has 12 heavy (non-hydrogen) atoms. The van der Waals surface area contributed by atoms with Gasteiger partial charge in [0.15, 0.2) is 0 Å². The quantitative estimate of drug-likeness (QED) is 0.754. The Morgan fingerprint density at radius 3 is 2.83 bits per heavy atom. The van der Waals surface area contributed by atoms with Crippen LogP contribution < -0.4 is 0 Å². The molecule has 1 aromatic heterocycles. The Morgan fingerprint density at radius 2 is 2.25 bits per heavy atom. The molecule has 0 unspecified atom stereocenters. The minimum Gasteiger partial charge on any atom is -0.254 e. The number of halogens is 2.